The van der Waals surface area contributed by atoms with Crippen LogP contribution in [0.25, 0.3) is 5.57 Å². The molecule has 0 atom stereocenters. The van der Waals surface area contributed by atoms with Crippen molar-refractivity contribution in [3.8, 4) is 0 Å². The number of hydrogen-bond acceptors (Lipinski definition) is 1. The molecule has 1 N–H and O–H groups in total. The van der Waals surface area contributed by atoms with Gasteiger partial charge in [0.2, 0.25) is 0 Å². The minimum absolute atomic E-state index is 0.656. The maximum Gasteiger partial charge on any atom is 0.0694 e. The van der Waals surface area contributed by atoms with Crippen LogP contribution in [0.15, 0.2) is 38.8 Å². The highest BCUT2D eigenvalue weighted by Gasteiger charge is 2.27. The van der Waals surface area contributed by atoms with E-state index in [1.54, 1.807) is 0 Å². The first kappa shape index (κ1) is 10.5. The molecule has 0 saturated carbocycles. The molecule has 3 heteroatoms. The van der Waals surface area contributed by atoms with Crippen molar-refractivity contribution in [3.05, 3.63) is 49.9 Å². The van der Waals surface area contributed by atoms with Gasteiger partial charge in [0.25, 0.3) is 0 Å². The third kappa shape index (κ3) is 1.45. The smallest absolute Gasteiger partial charge is 0.0694 e. The van der Waals surface area contributed by atoms with Gasteiger partial charge in [0.15, 0.2) is 0 Å². The predicted molar refractivity (Wildman–Crippen MR) is 74.1 cm³/mol. The topological polar surface area (TPSA) is 23.9 Å². The molecule has 0 spiro atoms. The molecule has 0 aliphatic heterocycles. The Bertz CT molecular complexity index is 567. The van der Waals surface area contributed by atoms with E-state index in [9.17, 15) is 0 Å². The van der Waals surface area contributed by atoms with Gasteiger partial charge in [0, 0.05) is 15.6 Å². The summed E-state index contributed by atoms with van der Waals surface area (Å²) in [5, 5.41) is 8.20. The quantitative estimate of drug-likeness (QED) is 0.711. The highest BCUT2D eigenvalue weighted by molar-refractivity contribution is 9.11. The number of allylic oxidation sites excluding steroid dienone is 4. The van der Waals surface area contributed by atoms with Gasteiger partial charge in [0.1, 0.15) is 0 Å². The van der Waals surface area contributed by atoms with Gasteiger partial charge in [-0.2, -0.15) is 0 Å². The van der Waals surface area contributed by atoms with Crippen LogP contribution < -0.4 is 0 Å². The first-order valence-corrected chi connectivity index (χ1v) is 6.74. The minimum atomic E-state index is 0.656. The standard InChI is InChI=1S/C13H9Br2N/c14-7-1-3-9-10-4-2-8(15)6-12(10)13(16)11(9)5-7/h1,3,5-6,16H,2,4H2. The van der Waals surface area contributed by atoms with Crippen LogP contribution in [0.4, 0.5) is 0 Å². The molecule has 2 aliphatic rings. The maximum atomic E-state index is 8.20. The Hall–Kier alpha value is -0.670. The number of benzene rings is 1. The summed E-state index contributed by atoms with van der Waals surface area (Å²) in [7, 11) is 0. The zero-order chi connectivity index (χ0) is 11.3. The van der Waals surface area contributed by atoms with E-state index >= 15 is 0 Å². The van der Waals surface area contributed by atoms with Gasteiger partial charge in [-0.25, -0.2) is 0 Å². The van der Waals surface area contributed by atoms with E-state index < -0.39 is 0 Å². The molecular weight excluding hydrogens is 330 g/mol. The van der Waals surface area contributed by atoms with Crippen molar-refractivity contribution in [2.45, 2.75) is 12.8 Å². The van der Waals surface area contributed by atoms with E-state index in [1.165, 1.54) is 15.6 Å². The van der Waals surface area contributed by atoms with Crippen molar-refractivity contribution in [1.29, 1.82) is 5.41 Å². The Morgan fingerprint density at radius 1 is 1.06 bits per heavy atom. The fraction of sp³-hybridized carbons (Fsp3) is 0.154. The Morgan fingerprint density at radius 3 is 2.69 bits per heavy atom. The highest BCUT2D eigenvalue weighted by atomic mass is 79.9. The summed E-state index contributed by atoms with van der Waals surface area (Å²) >= 11 is 7.00. The SMILES string of the molecule is N=C1C2=C(CCC(Br)=C2)c2ccc(Br)cc21. The largest absolute Gasteiger partial charge is 0.300 e. The number of rotatable bonds is 0. The summed E-state index contributed by atoms with van der Waals surface area (Å²) < 4.78 is 2.24. The summed E-state index contributed by atoms with van der Waals surface area (Å²) in [6, 6.07) is 6.20. The number of fused-ring (bicyclic) bond motifs is 2. The number of nitrogens with one attached hydrogen (secondary N) is 1. The van der Waals surface area contributed by atoms with Crippen molar-refractivity contribution in [3.63, 3.8) is 0 Å². The van der Waals surface area contributed by atoms with Crippen molar-refractivity contribution in [2.75, 3.05) is 0 Å². The van der Waals surface area contributed by atoms with Crippen LogP contribution in [-0.2, 0) is 0 Å². The van der Waals surface area contributed by atoms with E-state index in [4.69, 9.17) is 5.41 Å². The summed E-state index contributed by atoms with van der Waals surface area (Å²) in [4.78, 5) is 0. The van der Waals surface area contributed by atoms with Crippen LogP contribution in [0.3, 0.4) is 0 Å². The molecule has 2 aliphatic carbocycles. The molecule has 0 aromatic heterocycles. The van der Waals surface area contributed by atoms with Gasteiger partial charge in [-0.3, -0.25) is 5.41 Å². The normalized spacial score (nSPS) is 18.4. The average Bonchev–Trinajstić information content (AvgIpc) is 2.53. The molecule has 0 heterocycles. The second kappa shape index (κ2) is 3.67. The molecule has 3 rings (SSSR count). The van der Waals surface area contributed by atoms with Crippen LogP contribution in [0.1, 0.15) is 24.0 Å². The van der Waals surface area contributed by atoms with E-state index in [1.807, 2.05) is 6.07 Å². The maximum absolute atomic E-state index is 8.20. The van der Waals surface area contributed by atoms with E-state index in [0.717, 1.165) is 28.5 Å². The van der Waals surface area contributed by atoms with Gasteiger partial charge in [-0.1, -0.05) is 37.9 Å². The van der Waals surface area contributed by atoms with Gasteiger partial charge in [-0.05, 0) is 46.7 Å². The average molecular weight is 339 g/mol. The third-order valence-electron chi connectivity index (χ3n) is 3.09. The van der Waals surface area contributed by atoms with Crippen LogP contribution in [-0.4, -0.2) is 5.71 Å². The molecule has 16 heavy (non-hydrogen) atoms. The third-order valence-corrected chi connectivity index (χ3v) is 4.20. The monoisotopic (exact) mass is 337 g/mol. The van der Waals surface area contributed by atoms with Crippen LogP contribution in [0.2, 0.25) is 0 Å². The summed E-state index contributed by atoms with van der Waals surface area (Å²) in [5.74, 6) is 0. The number of hydrogen-bond donors (Lipinski definition) is 1. The zero-order valence-corrected chi connectivity index (χ0v) is 11.7. The summed E-state index contributed by atoms with van der Waals surface area (Å²) in [6.07, 6.45) is 4.17. The van der Waals surface area contributed by atoms with Gasteiger partial charge in [-0.15, -0.1) is 0 Å². The Morgan fingerprint density at radius 2 is 1.88 bits per heavy atom. The lowest BCUT2D eigenvalue weighted by molar-refractivity contribution is 1.04. The van der Waals surface area contributed by atoms with Crippen molar-refractivity contribution in [1.82, 2.24) is 0 Å². The molecule has 0 unspecified atom stereocenters. The Labute approximate surface area is 111 Å². The lowest BCUT2D eigenvalue weighted by Crippen LogP contribution is -1.98. The first-order valence-electron chi connectivity index (χ1n) is 5.15. The van der Waals surface area contributed by atoms with Crippen molar-refractivity contribution >= 4 is 43.1 Å². The van der Waals surface area contributed by atoms with E-state index in [-0.39, 0.29) is 0 Å². The molecule has 1 nitrogen and oxygen atoms in total. The molecule has 1 aromatic carbocycles. The second-order valence-corrected chi connectivity index (χ2v) is 5.98. The van der Waals surface area contributed by atoms with Gasteiger partial charge in [0.05, 0.1) is 5.71 Å². The summed E-state index contributed by atoms with van der Waals surface area (Å²) in [5.41, 5.74) is 5.36. The Balaban J connectivity index is 2.23. The van der Waals surface area contributed by atoms with Gasteiger partial charge < -0.3 is 0 Å². The zero-order valence-electron chi connectivity index (χ0n) is 8.48. The molecule has 0 radical (unpaired) electrons. The Kier molecular flexibility index (Phi) is 2.41. The van der Waals surface area contributed by atoms with E-state index in [0.29, 0.717) is 5.71 Å². The van der Waals surface area contributed by atoms with Crippen molar-refractivity contribution < 1.29 is 0 Å². The molecule has 0 fully saturated rings. The molecule has 80 valence electrons. The highest BCUT2D eigenvalue weighted by Crippen LogP contribution is 2.42. The minimum Gasteiger partial charge on any atom is -0.300 e. The van der Waals surface area contributed by atoms with E-state index in [2.05, 4.69) is 50.1 Å². The molecule has 0 bridgehead atoms. The molecule has 1 aromatic rings. The molecule has 0 amide bonds. The summed E-state index contributed by atoms with van der Waals surface area (Å²) in [6.45, 7) is 0. The van der Waals surface area contributed by atoms with Crippen LogP contribution >= 0.6 is 31.9 Å². The second-order valence-electron chi connectivity index (χ2n) is 4.05. The van der Waals surface area contributed by atoms with Crippen LogP contribution in [0, 0.1) is 5.41 Å². The van der Waals surface area contributed by atoms with Crippen molar-refractivity contribution in [2.24, 2.45) is 0 Å². The first-order chi connectivity index (χ1) is 7.66. The molecule has 0 saturated heterocycles. The lowest BCUT2D eigenvalue weighted by atomic mass is 9.97. The molecular formula is C13H9Br2N. The number of halogens is 2. The fourth-order valence-corrected chi connectivity index (χ4v) is 3.12. The van der Waals surface area contributed by atoms with Gasteiger partial charge >= 0.3 is 0 Å². The van der Waals surface area contributed by atoms with Crippen LogP contribution in [0.5, 0.6) is 0 Å². The predicted octanol–water partition coefficient (Wildman–Crippen LogP) is 4.66. The lowest BCUT2D eigenvalue weighted by Gasteiger charge is -2.11. The fourth-order valence-electron chi connectivity index (χ4n) is 2.33.